The molecule has 0 aliphatic carbocycles. The highest BCUT2D eigenvalue weighted by atomic mass is 16.6. The zero-order valence-corrected chi connectivity index (χ0v) is 16.0. The Balaban J connectivity index is 1.56. The molecule has 0 aromatic heterocycles. The van der Waals surface area contributed by atoms with Gasteiger partial charge in [-0.25, -0.2) is 0 Å². The van der Waals surface area contributed by atoms with E-state index in [0.717, 1.165) is 0 Å². The van der Waals surface area contributed by atoms with Gasteiger partial charge in [-0.05, 0) is 19.1 Å². The number of hydrogen-bond acceptors (Lipinski definition) is 6. The van der Waals surface area contributed by atoms with Crippen LogP contribution >= 0.6 is 0 Å². The molecule has 0 bridgehead atoms. The van der Waals surface area contributed by atoms with Crippen LogP contribution in [0.15, 0.2) is 66.7 Å². The van der Waals surface area contributed by atoms with E-state index in [1.807, 2.05) is 12.1 Å². The predicted molar refractivity (Wildman–Crippen MR) is 108 cm³/mol. The normalized spacial score (nSPS) is 12.3. The van der Waals surface area contributed by atoms with Crippen LogP contribution in [0, 0.1) is 17.0 Å². The summed E-state index contributed by atoms with van der Waals surface area (Å²) in [6.45, 7) is 1.08. The Bertz CT molecular complexity index is 1120. The molecule has 1 aliphatic rings. The highest BCUT2D eigenvalue weighted by Crippen LogP contribution is 2.44. The van der Waals surface area contributed by atoms with Crippen molar-refractivity contribution in [2.24, 2.45) is 0 Å². The molecule has 0 N–H and O–H groups in total. The van der Waals surface area contributed by atoms with Crippen LogP contribution in [0.5, 0.6) is 11.5 Å². The van der Waals surface area contributed by atoms with Crippen molar-refractivity contribution < 1.29 is 24.0 Å². The van der Waals surface area contributed by atoms with Crippen molar-refractivity contribution >= 4 is 17.4 Å². The summed E-state index contributed by atoms with van der Waals surface area (Å²) in [5.74, 6) is -0.725. The Morgan fingerprint density at radius 1 is 1.00 bits per heavy atom. The molecule has 0 spiro atoms. The van der Waals surface area contributed by atoms with Gasteiger partial charge in [0.05, 0.1) is 4.92 Å². The molecule has 0 radical (unpaired) electrons. The summed E-state index contributed by atoms with van der Waals surface area (Å²) < 4.78 is 11.2. The van der Waals surface area contributed by atoms with Crippen LogP contribution < -0.4 is 4.74 Å². The number of Topliss-reactive ketones (excluding diaryl/α,β-unsaturated/α-hetero) is 1. The zero-order valence-electron chi connectivity index (χ0n) is 16.0. The van der Waals surface area contributed by atoms with Crippen molar-refractivity contribution in [2.75, 3.05) is 6.61 Å². The molecule has 4 rings (SSSR count). The van der Waals surface area contributed by atoms with E-state index in [1.165, 1.54) is 18.2 Å². The van der Waals surface area contributed by atoms with Gasteiger partial charge in [0.1, 0.15) is 17.4 Å². The third kappa shape index (κ3) is 3.53. The Morgan fingerprint density at radius 2 is 1.60 bits per heavy atom. The van der Waals surface area contributed by atoms with Gasteiger partial charge in [-0.2, -0.15) is 0 Å². The molecule has 0 fully saturated rings. The number of ketones is 1. The molecule has 0 amide bonds. The van der Waals surface area contributed by atoms with Crippen molar-refractivity contribution in [3.05, 3.63) is 99.1 Å². The van der Waals surface area contributed by atoms with Crippen LogP contribution in [0.2, 0.25) is 0 Å². The number of carbonyl (C=O) groups excluding carboxylic acids is 2. The summed E-state index contributed by atoms with van der Waals surface area (Å²) in [5.41, 5.74) is 1.72. The van der Waals surface area contributed by atoms with Gasteiger partial charge in [-0.1, -0.05) is 48.5 Å². The molecule has 0 unspecified atom stereocenters. The van der Waals surface area contributed by atoms with Gasteiger partial charge in [0.2, 0.25) is 5.78 Å². The van der Waals surface area contributed by atoms with Crippen molar-refractivity contribution in [3.8, 4) is 11.5 Å². The smallest absolute Gasteiger partial charge is 0.318 e. The lowest BCUT2D eigenvalue weighted by atomic mass is 9.88. The Hall–Kier alpha value is -4.00. The van der Waals surface area contributed by atoms with E-state index < -0.39 is 29.2 Å². The van der Waals surface area contributed by atoms with Crippen molar-refractivity contribution in [1.29, 1.82) is 0 Å². The van der Waals surface area contributed by atoms with Gasteiger partial charge in [-0.15, -0.1) is 0 Å². The van der Waals surface area contributed by atoms with Crippen molar-refractivity contribution in [1.82, 2.24) is 0 Å². The third-order valence-corrected chi connectivity index (χ3v) is 4.99. The first-order chi connectivity index (χ1) is 14.5. The van der Waals surface area contributed by atoms with Crippen LogP contribution in [-0.4, -0.2) is 23.3 Å². The maximum Gasteiger partial charge on any atom is 0.318 e. The zero-order chi connectivity index (χ0) is 21.3. The second-order valence-electron chi connectivity index (χ2n) is 6.90. The lowest BCUT2D eigenvalue weighted by molar-refractivity contribution is -0.385. The summed E-state index contributed by atoms with van der Waals surface area (Å²) in [4.78, 5) is 36.0. The van der Waals surface area contributed by atoms with E-state index in [0.29, 0.717) is 28.2 Å². The van der Waals surface area contributed by atoms with E-state index in [4.69, 9.17) is 9.47 Å². The van der Waals surface area contributed by atoms with Crippen molar-refractivity contribution in [3.63, 3.8) is 0 Å². The Kier molecular flexibility index (Phi) is 5.02. The topological polar surface area (TPSA) is 95.7 Å². The maximum atomic E-state index is 13.0. The molecule has 0 atom stereocenters. The van der Waals surface area contributed by atoms with Crippen LogP contribution in [0.1, 0.15) is 33.0 Å². The number of fused-ring (bicyclic) bond motifs is 2. The van der Waals surface area contributed by atoms with E-state index >= 15 is 0 Å². The van der Waals surface area contributed by atoms with Crippen LogP contribution in [0.4, 0.5) is 5.69 Å². The number of para-hydroxylation sites is 2. The van der Waals surface area contributed by atoms with Gasteiger partial charge in [-0.3, -0.25) is 19.7 Å². The molecule has 30 heavy (non-hydrogen) atoms. The van der Waals surface area contributed by atoms with Gasteiger partial charge in [0.25, 0.3) is 5.69 Å². The average Bonchev–Trinajstić information content (AvgIpc) is 2.75. The first-order valence-corrected chi connectivity index (χ1v) is 9.26. The van der Waals surface area contributed by atoms with E-state index in [-0.39, 0.29) is 11.3 Å². The average molecular weight is 403 g/mol. The molecular formula is C23H17NO6. The van der Waals surface area contributed by atoms with Gasteiger partial charge in [0.15, 0.2) is 6.61 Å². The van der Waals surface area contributed by atoms with Crippen molar-refractivity contribution in [2.45, 2.75) is 12.8 Å². The number of esters is 1. The van der Waals surface area contributed by atoms with E-state index in [1.54, 1.807) is 43.3 Å². The minimum Gasteiger partial charge on any atom is -0.457 e. The molecule has 150 valence electrons. The number of ether oxygens (including phenoxy) is 2. The number of nitro benzene ring substituents is 1. The van der Waals surface area contributed by atoms with E-state index in [2.05, 4.69) is 0 Å². The standard InChI is InChI=1S/C23H17NO6/c1-14-10-11-15(12-18(14)24(27)28)19(25)13-29-23(26)22-16-6-2-4-8-20(16)30-21-9-5-3-7-17(21)22/h2-12,22H,13H2,1H3. The first kappa shape index (κ1) is 19.3. The van der Waals surface area contributed by atoms with E-state index in [9.17, 15) is 19.7 Å². The van der Waals surface area contributed by atoms with Gasteiger partial charge < -0.3 is 9.47 Å². The fourth-order valence-corrected chi connectivity index (χ4v) is 3.45. The SMILES string of the molecule is Cc1ccc(C(=O)COC(=O)C2c3ccccc3Oc3ccccc32)cc1[N+](=O)[O-]. The second kappa shape index (κ2) is 7.79. The highest BCUT2D eigenvalue weighted by Gasteiger charge is 2.34. The number of benzene rings is 3. The molecule has 0 saturated heterocycles. The summed E-state index contributed by atoms with van der Waals surface area (Å²) in [5, 5.41) is 11.1. The summed E-state index contributed by atoms with van der Waals surface area (Å²) >= 11 is 0. The molecule has 7 heteroatoms. The molecule has 7 nitrogen and oxygen atoms in total. The summed E-state index contributed by atoms with van der Waals surface area (Å²) in [7, 11) is 0. The molecular weight excluding hydrogens is 386 g/mol. The predicted octanol–water partition coefficient (Wildman–Crippen LogP) is 4.57. The monoisotopic (exact) mass is 403 g/mol. The second-order valence-corrected chi connectivity index (χ2v) is 6.90. The van der Waals surface area contributed by atoms with Gasteiger partial charge >= 0.3 is 5.97 Å². The lowest BCUT2D eigenvalue weighted by Crippen LogP contribution is -2.23. The minimum atomic E-state index is -0.730. The number of nitrogens with zero attached hydrogens (tertiary/aromatic N) is 1. The Morgan fingerprint density at radius 3 is 2.20 bits per heavy atom. The lowest BCUT2D eigenvalue weighted by Gasteiger charge is -2.26. The van der Waals surface area contributed by atoms with Gasteiger partial charge in [0, 0.05) is 28.3 Å². The summed E-state index contributed by atoms with van der Waals surface area (Å²) in [6.07, 6.45) is 0. The van der Waals surface area contributed by atoms with Crippen LogP contribution in [-0.2, 0) is 9.53 Å². The third-order valence-electron chi connectivity index (χ3n) is 4.99. The maximum absolute atomic E-state index is 13.0. The number of nitro groups is 1. The largest absolute Gasteiger partial charge is 0.457 e. The fraction of sp³-hybridized carbons (Fsp3) is 0.130. The molecule has 1 aliphatic heterocycles. The first-order valence-electron chi connectivity index (χ1n) is 9.26. The quantitative estimate of drug-likeness (QED) is 0.268. The number of rotatable bonds is 5. The molecule has 1 heterocycles. The number of hydrogen-bond donors (Lipinski definition) is 0. The highest BCUT2D eigenvalue weighted by molar-refractivity contribution is 5.99. The molecule has 0 saturated carbocycles. The molecule has 3 aromatic rings. The van der Waals surface area contributed by atoms with Crippen LogP contribution in [0.25, 0.3) is 0 Å². The fourth-order valence-electron chi connectivity index (χ4n) is 3.45. The van der Waals surface area contributed by atoms with Crippen LogP contribution in [0.3, 0.4) is 0 Å². The summed E-state index contributed by atoms with van der Waals surface area (Å²) in [6, 6.07) is 18.5. The Labute approximate surface area is 172 Å². The molecule has 3 aromatic carbocycles. The number of carbonyl (C=O) groups is 2. The number of aryl methyl sites for hydroxylation is 1. The minimum absolute atomic E-state index is 0.118.